The van der Waals surface area contributed by atoms with Gasteiger partial charge in [0.25, 0.3) is 5.91 Å². The van der Waals surface area contributed by atoms with Gasteiger partial charge in [0.1, 0.15) is 18.2 Å². The normalized spacial score (nSPS) is 9.67. The Morgan fingerprint density at radius 1 is 1.38 bits per heavy atom. The average molecular weight is 284 g/mol. The molecule has 0 atom stereocenters. The van der Waals surface area contributed by atoms with E-state index in [4.69, 9.17) is 5.11 Å². The van der Waals surface area contributed by atoms with Gasteiger partial charge in [-0.3, -0.25) is 4.79 Å². The van der Waals surface area contributed by atoms with Crippen LogP contribution >= 0.6 is 0 Å². The maximum Gasteiger partial charge on any atom is 0.259 e. The number of hydrogen-bond donors (Lipinski definition) is 2. The molecule has 0 unspecified atom stereocenters. The fourth-order valence-corrected chi connectivity index (χ4v) is 1.71. The molecule has 2 aromatic rings. The van der Waals surface area contributed by atoms with Crippen molar-refractivity contribution in [2.75, 3.05) is 11.9 Å². The topological polar surface area (TPSA) is 62.2 Å². The van der Waals surface area contributed by atoms with E-state index in [1.165, 1.54) is 18.3 Å². The van der Waals surface area contributed by atoms with Gasteiger partial charge in [0.05, 0.1) is 5.56 Å². The lowest BCUT2D eigenvalue weighted by Gasteiger charge is -2.06. The number of halogens is 1. The number of carbonyl (C=O) groups excluding carboxylic acids is 1. The van der Waals surface area contributed by atoms with Crippen molar-refractivity contribution in [1.82, 2.24) is 4.98 Å². The van der Waals surface area contributed by atoms with Gasteiger partial charge in [0.2, 0.25) is 0 Å². The predicted octanol–water partition coefficient (Wildman–Crippen LogP) is 2.13. The minimum absolute atomic E-state index is 0.0470. The standard InChI is InChI=1S/C16H13FN2O2/c1-11-4-5-13(14(17)9-11)16(21)19-15-10-12(3-2-8-20)6-7-18-15/h4-7,9-10,20H,8H2,1H3,(H,18,19,21). The van der Waals surface area contributed by atoms with Crippen molar-refractivity contribution in [1.29, 1.82) is 0 Å². The maximum absolute atomic E-state index is 13.7. The zero-order chi connectivity index (χ0) is 15.2. The number of nitrogens with one attached hydrogen (secondary N) is 1. The van der Waals surface area contributed by atoms with E-state index in [2.05, 4.69) is 22.1 Å². The zero-order valence-corrected chi connectivity index (χ0v) is 11.4. The zero-order valence-electron chi connectivity index (χ0n) is 11.4. The summed E-state index contributed by atoms with van der Waals surface area (Å²) in [6.07, 6.45) is 1.47. The van der Waals surface area contributed by atoms with Crippen LogP contribution in [-0.2, 0) is 0 Å². The van der Waals surface area contributed by atoms with Crippen molar-refractivity contribution in [3.63, 3.8) is 0 Å². The van der Waals surface area contributed by atoms with E-state index >= 15 is 0 Å². The van der Waals surface area contributed by atoms with Crippen LogP contribution in [0.25, 0.3) is 0 Å². The number of benzene rings is 1. The van der Waals surface area contributed by atoms with Crippen molar-refractivity contribution >= 4 is 11.7 Å². The monoisotopic (exact) mass is 284 g/mol. The summed E-state index contributed by atoms with van der Waals surface area (Å²) in [6.45, 7) is 1.49. The molecule has 106 valence electrons. The lowest BCUT2D eigenvalue weighted by Crippen LogP contribution is -2.14. The van der Waals surface area contributed by atoms with Gasteiger partial charge in [-0.15, -0.1) is 0 Å². The average Bonchev–Trinajstić information content (AvgIpc) is 2.45. The van der Waals surface area contributed by atoms with Crippen LogP contribution in [0, 0.1) is 24.6 Å². The molecule has 0 aliphatic carbocycles. The molecule has 1 aromatic heterocycles. The first-order chi connectivity index (χ1) is 10.1. The molecule has 21 heavy (non-hydrogen) atoms. The third kappa shape index (κ3) is 3.88. The predicted molar refractivity (Wildman–Crippen MR) is 77.3 cm³/mol. The Morgan fingerprint density at radius 3 is 2.90 bits per heavy atom. The fraction of sp³-hybridized carbons (Fsp3) is 0.125. The molecule has 0 fully saturated rings. The highest BCUT2D eigenvalue weighted by Gasteiger charge is 2.12. The SMILES string of the molecule is Cc1ccc(C(=O)Nc2cc(C#CCO)ccn2)c(F)c1. The first-order valence-corrected chi connectivity index (χ1v) is 6.23. The molecule has 0 spiro atoms. The molecule has 0 saturated heterocycles. The van der Waals surface area contributed by atoms with Crippen molar-refractivity contribution in [2.24, 2.45) is 0 Å². The quantitative estimate of drug-likeness (QED) is 0.830. The van der Waals surface area contributed by atoms with Gasteiger partial charge >= 0.3 is 0 Å². The fourth-order valence-electron chi connectivity index (χ4n) is 1.71. The second-order valence-corrected chi connectivity index (χ2v) is 4.33. The molecular formula is C16H13FN2O2. The van der Waals surface area contributed by atoms with Crippen LogP contribution in [-0.4, -0.2) is 22.6 Å². The molecule has 1 aromatic carbocycles. The Morgan fingerprint density at radius 2 is 2.19 bits per heavy atom. The summed E-state index contributed by atoms with van der Waals surface area (Å²) in [5, 5.41) is 11.2. The second-order valence-electron chi connectivity index (χ2n) is 4.33. The Bertz CT molecular complexity index is 733. The second kappa shape index (κ2) is 6.64. The number of aliphatic hydroxyl groups is 1. The Hall–Kier alpha value is -2.71. The molecule has 0 saturated carbocycles. The van der Waals surface area contributed by atoms with Crippen molar-refractivity contribution < 1.29 is 14.3 Å². The van der Waals surface area contributed by atoms with Crippen LogP contribution in [0.2, 0.25) is 0 Å². The highest BCUT2D eigenvalue weighted by Crippen LogP contribution is 2.13. The lowest BCUT2D eigenvalue weighted by molar-refractivity contribution is 0.102. The summed E-state index contributed by atoms with van der Waals surface area (Å²) in [5.74, 6) is 4.31. The summed E-state index contributed by atoms with van der Waals surface area (Å²) >= 11 is 0. The summed E-state index contributed by atoms with van der Waals surface area (Å²) in [7, 11) is 0. The molecule has 2 rings (SSSR count). The number of hydrogen-bond acceptors (Lipinski definition) is 3. The highest BCUT2D eigenvalue weighted by atomic mass is 19.1. The summed E-state index contributed by atoms with van der Waals surface area (Å²) in [5.41, 5.74) is 1.29. The van der Waals surface area contributed by atoms with E-state index in [1.54, 1.807) is 25.1 Å². The van der Waals surface area contributed by atoms with E-state index in [-0.39, 0.29) is 18.0 Å². The number of aromatic nitrogens is 1. The van der Waals surface area contributed by atoms with Gasteiger partial charge in [0.15, 0.2) is 0 Å². The van der Waals surface area contributed by atoms with Crippen LogP contribution in [0.3, 0.4) is 0 Å². The first kappa shape index (κ1) is 14.7. The van der Waals surface area contributed by atoms with Crippen molar-refractivity contribution in [3.05, 3.63) is 59.0 Å². The van der Waals surface area contributed by atoms with Crippen molar-refractivity contribution in [3.8, 4) is 11.8 Å². The van der Waals surface area contributed by atoms with Crippen LogP contribution in [0.15, 0.2) is 36.5 Å². The van der Waals surface area contributed by atoms with E-state index < -0.39 is 11.7 Å². The summed E-state index contributed by atoms with van der Waals surface area (Å²) < 4.78 is 13.7. The lowest BCUT2D eigenvalue weighted by atomic mass is 10.1. The largest absolute Gasteiger partial charge is 0.384 e. The number of amides is 1. The van der Waals surface area contributed by atoms with Gasteiger partial charge in [0, 0.05) is 11.8 Å². The molecule has 0 aliphatic heterocycles. The molecule has 1 amide bonds. The Balaban J connectivity index is 2.19. The van der Waals surface area contributed by atoms with E-state index in [1.807, 2.05) is 0 Å². The number of carbonyl (C=O) groups is 1. The number of rotatable bonds is 2. The number of aryl methyl sites for hydroxylation is 1. The minimum Gasteiger partial charge on any atom is -0.384 e. The van der Waals surface area contributed by atoms with E-state index in [0.717, 1.165) is 5.56 Å². The molecule has 4 nitrogen and oxygen atoms in total. The molecule has 0 bridgehead atoms. The van der Waals surface area contributed by atoms with Gasteiger partial charge in [-0.05, 0) is 36.8 Å². The third-order valence-corrected chi connectivity index (χ3v) is 2.68. The minimum atomic E-state index is -0.580. The van der Waals surface area contributed by atoms with Crippen molar-refractivity contribution in [2.45, 2.75) is 6.92 Å². The smallest absolute Gasteiger partial charge is 0.259 e. The number of anilines is 1. The highest BCUT2D eigenvalue weighted by molar-refractivity contribution is 6.04. The Labute approximate surface area is 121 Å². The third-order valence-electron chi connectivity index (χ3n) is 2.68. The van der Waals surface area contributed by atoms with Gasteiger partial charge in [-0.25, -0.2) is 9.37 Å². The molecule has 5 heteroatoms. The first-order valence-electron chi connectivity index (χ1n) is 6.23. The van der Waals surface area contributed by atoms with Crippen LogP contribution in [0.5, 0.6) is 0 Å². The molecular weight excluding hydrogens is 271 g/mol. The summed E-state index contributed by atoms with van der Waals surface area (Å²) in [6, 6.07) is 7.58. The number of pyridine rings is 1. The molecule has 1 heterocycles. The van der Waals surface area contributed by atoms with Gasteiger partial charge in [-0.1, -0.05) is 17.9 Å². The Kier molecular flexibility index (Phi) is 4.64. The maximum atomic E-state index is 13.7. The number of nitrogens with zero attached hydrogens (tertiary/aromatic N) is 1. The molecule has 0 radical (unpaired) electrons. The van der Waals surface area contributed by atoms with Crippen LogP contribution in [0.1, 0.15) is 21.5 Å². The van der Waals surface area contributed by atoms with Crippen LogP contribution in [0.4, 0.5) is 10.2 Å². The molecule has 0 aliphatic rings. The van der Waals surface area contributed by atoms with E-state index in [0.29, 0.717) is 5.56 Å². The number of aliphatic hydroxyl groups excluding tert-OH is 1. The van der Waals surface area contributed by atoms with E-state index in [9.17, 15) is 9.18 Å². The molecule has 2 N–H and O–H groups in total. The van der Waals surface area contributed by atoms with Gasteiger partial charge in [-0.2, -0.15) is 0 Å². The van der Waals surface area contributed by atoms with Crippen LogP contribution < -0.4 is 5.32 Å². The summed E-state index contributed by atoms with van der Waals surface area (Å²) in [4.78, 5) is 16.0. The van der Waals surface area contributed by atoms with Gasteiger partial charge < -0.3 is 10.4 Å².